The number of likely N-dealkylation sites (N-methyl/N-ethyl adjacent to an activating group) is 1. The number of carbonyl (C=O) groups is 2. The van der Waals surface area contributed by atoms with E-state index in [2.05, 4.69) is 5.32 Å². The van der Waals surface area contributed by atoms with E-state index in [1.54, 1.807) is 4.90 Å². The molecule has 2 rings (SSSR count). The molecule has 0 radical (unpaired) electrons. The van der Waals surface area contributed by atoms with Crippen molar-refractivity contribution < 1.29 is 14.7 Å². The van der Waals surface area contributed by atoms with Crippen LogP contribution in [0.2, 0.25) is 0 Å². The van der Waals surface area contributed by atoms with Crippen LogP contribution >= 0.6 is 0 Å². The number of piperazine rings is 1. The third-order valence-electron chi connectivity index (χ3n) is 4.49. The molecular weight excluding hydrogens is 258 g/mol. The SMILES string of the molecule is CN(C(=O)CN1CCNCC1C(=O)O)C1CCCCC1. The van der Waals surface area contributed by atoms with Gasteiger partial charge in [0.1, 0.15) is 6.04 Å². The summed E-state index contributed by atoms with van der Waals surface area (Å²) in [5.74, 6) is -0.810. The molecule has 6 heteroatoms. The van der Waals surface area contributed by atoms with Crippen LogP contribution in [-0.4, -0.2) is 72.1 Å². The van der Waals surface area contributed by atoms with Gasteiger partial charge < -0.3 is 15.3 Å². The molecule has 2 aliphatic rings. The lowest BCUT2D eigenvalue weighted by molar-refractivity contribution is -0.145. The van der Waals surface area contributed by atoms with E-state index in [0.29, 0.717) is 19.1 Å². The van der Waals surface area contributed by atoms with Crippen LogP contribution < -0.4 is 5.32 Å². The van der Waals surface area contributed by atoms with Gasteiger partial charge >= 0.3 is 5.97 Å². The van der Waals surface area contributed by atoms with Gasteiger partial charge in [0.15, 0.2) is 0 Å². The predicted molar refractivity (Wildman–Crippen MR) is 75.5 cm³/mol. The number of hydrogen-bond donors (Lipinski definition) is 2. The quantitative estimate of drug-likeness (QED) is 0.767. The Kier molecular flexibility index (Phi) is 5.37. The molecule has 6 nitrogen and oxygen atoms in total. The first-order valence-corrected chi connectivity index (χ1v) is 7.53. The molecule has 1 heterocycles. The Morgan fingerprint density at radius 3 is 2.65 bits per heavy atom. The number of carboxylic acids is 1. The van der Waals surface area contributed by atoms with Crippen molar-refractivity contribution in [2.45, 2.75) is 44.2 Å². The molecule has 1 saturated heterocycles. The van der Waals surface area contributed by atoms with Crippen molar-refractivity contribution in [1.29, 1.82) is 0 Å². The van der Waals surface area contributed by atoms with Crippen molar-refractivity contribution in [3.05, 3.63) is 0 Å². The van der Waals surface area contributed by atoms with Crippen LogP contribution in [0.15, 0.2) is 0 Å². The Labute approximate surface area is 120 Å². The first kappa shape index (κ1) is 15.3. The number of nitrogens with zero attached hydrogens (tertiary/aromatic N) is 2. The van der Waals surface area contributed by atoms with Gasteiger partial charge in [-0.25, -0.2) is 0 Å². The number of nitrogens with one attached hydrogen (secondary N) is 1. The second-order valence-corrected chi connectivity index (χ2v) is 5.83. The minimum atomic E-state index is -0.856. The highest BCUT2D eigenvalue weighted by molar-refractivity contribution is 5.80. The van der Waals surface area contributed by atoms with Crippen LogP contribution in [0.4, 0.5) is 0 Å². The Bertz CT molecular complexity index is 356. The summed E-state index contributed by atoms with van der Waals surface area (Å²) >= 11 is 0. The van der Waals surface area contributed by atoms with Gasteiger partial charge in [-0.3, -0.25) is 14.5 Å². The Hall–Kier alpha value is -1.14. The van der Waals surface area contributed by atoms with Gasteiger partial charge in [0.25, 0.3) is 0 Å². The fourth-order valence-corrected chi connectivity index (χ4v) is 3.14. The molecule has 1 amide bonds. The number of carbonyl (C=O) groups excluding carboxylic acids is 1. The smallest absolute Gasteiger partial charge is 0.322 e. The van der Waals surface area contributed by atoms with Crippen molar-refractivity contribution >= 4 is 11.9 Å². The van der Waals surface area contributed by atoms with Gasteiger partial charge in [0.2, 0.25) is 5.91 Å². The molecule has 20 heavy (non-hydrogen) atoms. The van der Waals surface area contributed by atoms with E-state index in [0.717, 1.165) is 19.4 Å². The predicted octanol–water partition coefficient (Wildman–Crippen LogP) is 0.136. The highest BCUT2D eigenvalue weighted by Gasteiger charge is 2.31. The van der Waals surface area contributed by atoms with Crippen LogP contribution in [0.1, 0.15) is 32.1 Å². The average Bonchev–Trinajstić information content (AvgIpc) is 2.47. The zero-order valence-corrected chi connectivity index (χ0v) is 12.2. The number of hydrogen-bond acceptors (Lipinski definition) is 4. The first-order valence-electron chi connectivity index (χ1n) is 7.53. The number of rotatable bonds is 4. The molecule has 1 unspecified atom stereocenters. The van der Waals surface area contributed by atoms with Crippen LogP contribution in [0, 0.1) is 0 Å². The molecular formula is C14H25N3O3. The molecule has 2 fully saturated rings. The molecule has 0 aromatic carbocycles. The molecule has 0 bridgehead atoms. The minimum Gasteiger partial charge on any atom is -0.480 e. The monoisotopic (exact) mass is 283 g/mol. The summed E-state index contributed by atoms with van der Waals surface area (Å²) < 4.78 is 0. The second kappa shape index (κ2) is 7.04. The van der Waals surface area contributed by atoms with Gasteiger partial charge in [-0.05, 0) is 12.8 Å². The van der Waals surface area contributed by atoms with Crippen molar-refractivity contribution in [1.82, 2.24) is 15.1 Å². The summed E-state index contributed by atoms with van der Waals surface area (Å²) in [6.45, 7) is 1.98. The molecule has 2 N–H and O–H groups in total. The molecule has 0 aromatic heterocycles. The lowest BCUT2D eigenvalue weighted by atomic mass is 9.94. The molecule has 0 spiro atoms. The van der Waals surface area contributed by atoms with E-state index in [-0.39, 0.29) is 12.5 Å². The topological polar surface area (TPSA) is 72.9 Å². The Morgan fingerprint density at radius 1 is 1.30 bits per heavy atom. The lowest BCUT2D eigenvalue weighted by Crippen LogP contribution is -2.57. The zero-order valence-electron chi connectivity index (χ0n) is 12.2. The summed E-state index contributed by atoms with van der Waals surface area (Å²) in [5.41, 5.74) is 0. The maximum Gasteiger partial charge on any atom is 0.322 e. The highest BCUT2D eigenvalue weighted by atomic mass is 16.4. The highest BCUT2D eigenvalue weighted by Crippen LogP contribution is 2.21. The standard InChI is InChI=1S/C14H25N3O3/c1-16(11-5-3-2-4-6-11)13(18)10-17-8-7-15-9-12(17)14(19)20/h11-12,15H,2-10H2,1H3,(H,19,20). The van der Waals surface area contributed by atoms with Crippen LogP contribution in [-0.2, 0) is 9.59 Å². The molecule has 1 aliphatic carbocycles. The normalized spacial score (nSPS) is 25.4. The minimum absolute atomic E-state index is 0.0463. The number of carboxylic acid groups (broad SMARTS) is 1. The largest absolute Gasteiger partial charge is 0.480 e. The third-order valence-corrected chi connectivity index (χ3v) is 4.49. The van der Waals surface area contributed by atoms with E-state index < -0.39 is 12.0 Å². The zero-order chi connectivity index (χ0) is 14.5. The maximum atomic E-state index is 12.3. The van der Waals surface area contributed by atoms with Gasteiger partial charge in [0, 0.05) is 32.7 Å². The summed E-state index contributed by atoms with van der Waals surface area (Å²) in [7, 11) is 1.86. The van der Waals surface area contributed by atoms with Crippen molar-refractivity contribution in [3.63, 3.8) is 0 Å². The van der Waals surface area contributed by atoms with E-state index in [1.165, 1.54) is 19.3 Å². The Balaban J connectivity index is 1.89. The molecule has 114 valence electrons. The summed E-state index contributed by atoms with van der Waals surface area (Å²) in [4.78, 5) is 27.2. The molecule has 1 atom stereocenters. The summed E-state index contributed by atoms with van der Waals surface area (Å²) in [6.07, 6.45) is 5.79. The van der Waals surface area contributed by atoms with E-state index in [9.17, 15) is 14.7 Å². The number of amides is 1. The second-order valence-electron chi connectivity index (χ2n) is 5.83. The third kappa shape index (κ3) is 3.70. The van der Waals surface area contributed by atoms with Gasteiger partial charge in [-0.1, -0.05) is 19.3 Å². The summed E-state index contributed by atoms with van der Waals surface area (Å²) in [6, 6.07) is -0.255. The summed E-state index contributed by atoms with van der Waals surface area (Å²) in [5, 5.41) is 12.3. The Morgan fingerprint density at radius 2 is 2.00 bits per heavy atom. The molecule has 0 aromatic rings. The fraction of sp³-hybridized carbons (Fsp3) is 0.857. The molecule has 1 saturated carbocycles. The number of aliphatic carboxylic acids is 1. The van der Waals surface area contributed by atoms with Gasteiger partial charge in [0.05, 0.1) is 6.54 Å². The van der Waals surface area contributed by atoms with Gasteiger partial charge in [-0.2, -0.15) is 0 Å². The van der Waals surface area contributed by atoms with Crippen molar-refractivity contribution in [3.8, 4) is 0 Å². The molecule has 1 aliphatic heterocycles. The first-order chi connectivity index (χ1) is 9.59. The van der Waals surface area contributed by atoms with Crippen molar-refractivity contribution in [2.24, 2.45) is 0 Å². The maximum absolute atomic E-state index is 12.3. The average molecular weight is 283 g/mol. The van der Waals surface area contributed by atoms with E-state index in [4.69, 9.17) is 0 Å². The lowest BCUT2D eigenvalue weighted by Gasteiger charge is -2.36. The van der Waals surface area contributed by atoms with Crippen LogP contribution in [0.5, 0.6) is 0 Å². The van der Waals surface area contributed by atoms with E-state index >= 15 is 0 Å². The van der Waals surface area contributed by atoms with Crippen LogP contribution in [0.25, 0.3) is 0 Å². The van der Waals surface area contributed by atoms with Crippen molar-refractivity contribution in [2.75, 3.05) is 33.2 Å². The van der Waals surface area contributed by atoms with Crippen LogP contribution in [0.3, 0.4) is 0 Å². The van der Waals surface area contributed by atoms with Gasteiger partial charge in [-0.15, -0.1) is 0 Å². The fourth-order valence-electron chi connectivity index (χ4n) is 3.14. The van der Waals surface area contributed by atoms with E-state index in [1.807, 2.05) is 11.9 Å².